The fourth-order valence-electron chi connectivity index (χ4n) is 1.92. The second-order valence-corrected chi connectivity index (χ2v) is 6.65. The van der Waals surface area contributed by atoms with Crippen molar-refractivity contribution in [2.75, 3.05) is 21.1 Å². The van der Waals surface area contributed by atoms with Crippen LogP contribution in [0.3, 0.4) is 0 Å². The molecule has 0 spiro atoms. The number of benzene rings is 1. The first kappa shape index (κ1) is 16.0. The van der Waals surface area contributed by atoms with Gasteiger partial charge >= 0.3 is 0 Å². The molecular weight excluding hydrogens is 312 g/mol. The molecule has 1 N–H and O–H groups in total. The van der Waals surface area contributed by atoms with E-state index in [2.05, 4.69) is 60.2 Å². The maximum Gasteiger partial charge on any atom is 0.0449 e. The molecule has 0 heterocycles. The molecule has 1 atom stereocenters. The van der Waals surface area contributed by atoms with E-state index in [1.165, 1.54) is 5.56 Å². The lowest BCUT2D eigenvalue weighted by Crippen LogP contribution is -2.55. The van der Waals surface area contributed by atoms with Gasteiger partial charge in [0.25, 0.3) is 0 Å². The van der Waals surface area contributed by atoms with E-state index in [4.69, 9.17) is 11.6 Å². The van der Waals surface area contributed by atoms with Gasteiger partial charge in [0.2, 0.25) is 0 Å². The molecule has 0 radical (unpaired) electrons. The third-order valence-electron chi connectivity index (χ3n) is 3.79. The van der Waals surface area contributed by atoms with Gasteiger partial charge in [-0.2, -0.15) is 0 Å². The molecule has 1 unspecified atom stereocenters. The smallest absolute Gasteiger partial charge is 0.0449 e. The van der Waals surface area contributed by atoms with E-state index in [1.54, 1.807) is 0 Å². The Hall–Kier alpha value is -0.0900. The first-order valence-corrected chi connectivity index (χ1v) is 7.24. The Bertz CT molecular complexity index is 405. The Morgan fingerprint density at radius 1 is 1.39 bits per heavy atom. The lowest BCUT2D eigenvalue weighted by molar-refractivity contribution is 0.141. The molecule has 0 aliphatic carbocycles. The molecule has 0 aliphatic heterocycles. The average molecular weight is 334 g/mol. The van der Waals surface area contributed by atoms with Crippen molar-refractivity contribution in [2.24, 2.45) is 0 Å². The van der Waals surface area contributed by atoms with Crippen LogP contribution >= 0.6 is 27.5 Å². The zero-order chi connectivity index (χ0) is 13.9. The highest BCUT2D eigenvalue weighted by molar-refractivity contribution is 9.10. The molecule has 2 nitrogen and oxygen atoms in total. The van der Waals surface area contributed by atoms with Crippen molar-refractivity contribution >= 4 is 27.5 Å². The predicted octanol–water partition coefficient (Wildman–Crippen LogP) is 3.57. The first-order valence-electron chi connectivity index (χ1n) is 6.07. The van der Waals surface area contributed by atoms with Crippen LogP contribution in [-0.4, -0.2) is 37.6 Å². The van der Waals surface area contributed by atoms with Crippen molar-refractivity contribution in [1.82, 2.24) is 10.2 Å². The molecule has 1 aromatic rings. The highest BCUT2D eigenvalue weighted by atomic mass is 79.9. The maximum atomic E-state index is 6.29. The Morgan fingerprint density at radius 3 is 2.44 bits per heavy atom. The largest absolute Gasteiger partial charge is 0.315 e. The van der Waals surface area contributed by atoms with Gasteiger partial charge in [0.1, 0.15) is 0 Å². The number of likely N-dealkylation sites (N-methyl/N-ethyl adjacent to an activating group) is 2. The summed E-state index contributed by atoms with van der Waals surface area (Å²) in [4.78, 5) is 2.24. The minimum atomic E-state index is 0.0607. The minimum absolute atomic E-state index is 0.0607. The average Bonchev–Trinajstić information content (AvgIpc) is 2.27. The number of rotatable bonds is 5. The third-order valence-corrected chi connectivity index (χ3v) is 4.64. The van der Waals surface area contributed by atoms with Crippen molar-refractivity contribution < 1.29 is 0 Å². The molecule has 102 valence electrons. The highest BCUT2D eigenvalue weighted by Gasteiger charge is 2.30. The quantitative estimate of drug-likeness (QED) is 0.886. The summed E-state index contributed by atoms with van der Waals surface area (Å²) in [6.07, 6.45) is 0.911. The van der Waals surface area contributed by atoms with Crippen molar-refractivity contribution in [1.29, 1.82) is 0 Å². The normalized spacial score (nSPS) is 14.0. The van der Waals surface area contributed by atoms with Gasteiger partial charge < -0.3 is 10.2 Å². The molecule has 0 saturated carbocycles. The monoisotopic (exact) mass is 332 g/mol. The number of hydrogen-bond acceptors (Lipinski definition) is 2. The number of nitrogens with zero attached hydrogens (tertiary/aromatic N) is 1. The van der Waals surface area contributed by atoms with Crippen molar-refractivity contribution in [3.05, 3.63) is 33.3 Å². The standard InChI is InChI=1S/C14H22BrClN2/c1-14(2,18(4)5)13(17-3)8-10-6-7-11(15)9-12(10)16/h6-7,9,13,17H,8H2,1-5H3. The molecule has 4 heteroatoms. The number of nitrogens with one attached hydrogen (secondary N) is 1. The van der Waals surface area contributed by atoms with Gasteiger partial charge in [0, 0.05) is 21.1 Å². The summed E-state index contributed by atoms with van der Waals surface area (Å²) in [6, 6.07) is 6.41. The first-order chi connectivity index (χ1) is 8.28. The number of halogens is 2. The topological polar surface area (TPSA) is 15.3 Å². The molecule has 0 aromatic heterocycles. The Morgan fingerprint density at radius 2 is 2.00 bits per heavy atom. The summed E-state index contributed by atoms with van der Waals surface area (Å²) in [6.45, 7) is 4.47. The van der Waals surface area contributed by atoms with Crippen LogP contribution < -0.4 is 5.32 Å². The molecule has 0 saturated heterocycles. The molecule has 0 amide bonds. The summed E-state index contributed by atoms with van der Waals surface area (Å²) >= 11 is 9.72. The van der Waals surface area contributed by atoms with Crippen molar-refractivity contribution in [3.8, 4) is 0 Å². The molecule has 0 bridgehead atoms. The molecular formula is C14H22BrClN2. The lowest BCUT2D eigenvalue weighted by atomic mass is 9.88. The molecule has 1 rings (SSSR count). The zero-order valence-corrected chi connectivity index (χ0v) is 14.1. The molecule has 0 fully saturated rings. The second-order valence-electron chi connectivity index (χ2n) is 5.33. The zero-order valence-electron chi connectivity index (χ0n) is 11.7. The molecule has 0 aliphatic rings. The third kappa shape index (κ3) is 3.70. The summed E-state index contributed by atoms with van der Waals surface area (Å²) in [5, 5.41) is 4.22. The van der Waals surface area contributed by atoms with Crippen LogP contribution in [0.1, 0.15) is 19.4 Å². The van der Waals surface area contributed by atoms with E-state index < -0.39 is 0 Å². The second kappa shape index (κ2) is 6.38. The number of hydrogen-bond donors (Lipinski definition) is 1. The van der Waals surface area contributed by atoms with Crippen LogP contribution in [0.25, 0.3) is 0 Å². The summed E-state index contributed by atoms with van der Waals surface area (Å²) in [7, 11) is 6.21. The van der Waals surface area contributed by atoms with Gasteiger partial charge in [-0.15, -0.1) is 0 Å². The fraction of sp³-hybridized carbons (Fsp3) is 0.571. The summed E-state index contributed by atoms with van der Waals surface area (Å²) < 4.78 is 1.02. The summed E-state index contributed by atoms with van der Waals surface area (Å²) in [5.41, 5.74) is 1.24. The summed E-state index contributed by atoms with van der Waals surface area (Å²) in [5.74, 6) is 0. The molecule has 18 heavy (non-hydrogen) atoms. The van der Waals surface area contributed by atoms with E-state index in [0.29, 0.717) is 6.04 Å². The van der Waals surface area contributed by atoms with Crippen LogP contribution in [0, 0.1) is 0 Å². The highest BCUT2D eigenvalue weighted by Crippen LogP contribution is 2.26. The Kier molecular flexibility index (Phi) is 5.66. The van der Waals surface area contributed by atoms with E-state index in [-0.39, 0.29) is 5.54 Å². The van der Waals surface area contributed by atoms with Crippen LogP contribution in [0.15, 0.2) is 22.7 Å². The van der Waals surface area contributed by atoms with E-state index in [9.17, 15) is 0 Å². The Labute approximate surface area is 124 Å². The Balaban J connectivity index is 2.93. The fourth-order valence-corrected chi connectivity index (χ4v) is 2.67. The lowest BCUT2D eigenvalue weighted by Gasteiger charge is -2.40. The van der Waals surface area contributed by atoms with Gasteiger partial charge in [-0.1, -0.05) is 33.6 Å². The van der Waals surface area contributed by atoms with E-state index >= 15 is 0 Å². The van der Waals surface area contributed by atoms with Crippen LogP contribution in [0.4, 0.5) is 0 Å². The van der Waals surface area contributed by atoms with Gasteiger partial charge in [-0.25, -0.2) is 0 Å². The van der Waals surface area contributed by atoms with Crippen LogP contribution in [0.5, 0.6) is 0 Å². The van der Waals surface area contributed by atoms with Gasteiger partial charge in [0.05, 0.1) is 0 Å². The van der Waals surface area contributed by atoms with Crippen LogP contribution in [-0.2, 0) is 6.42 Å². The van der Waals surface area contributed by atoms with E-state index in [0.717, 1.165) is 15.9 Å². The van der Waals surface area contributed by atoms with Crippen molar-refractivity contribution in [2.45, 2.75) is 31.8 Å². The van der Waals surface area contributed by atoms with Gasteiger partial charge in [-0.05, 0) is 59.1 Å². The van der Waals surface area contributed by atoms with Crippen molar-refractivity contribution in [3.63, 3.8) is 0 Å². The molecule has 1 aromatic carbocycles. The van der Waals surface area contributed by atoms with Gasteiger partial charge in [-0.3, -0.25) is 0 Å². The SMILES string of the molecule is CNC(Cc1ccc(Br)cc1Cl)C(C)(C)N(C)C. The van der Waals surface area contributed by atoms with E-state index in [1.807, 2.05) is 19.2 Å². The van der Waals surface area contributed by atoms with Gasteiger partial charge in [0.15, 0.2) is 0 Å². The van der Waals surface area contributed by atoms with Crippen LogP contribution in [0.2, 0.25) is 5.02 Å². The maximum absolute atomic E-state index is 6.29. The predicted molar refractivity (Wildman–Crippen MR) is 83.5 cm³/mol. The minimum Gasteiger partial charge on any atom is -0.315 e.